The van der Waals surface area contributed by atoms with Crippen LogP contribution < -0.4 is 5.73 Å². The van der Waals surface area contributed by atoms with Gasteiger partial charge in [0.05, 0.1) is 17.8 Å². The summed E-state index contributed by atoms with van der Waals surface area (Å²) in [4.78, 5) is 29.8. The topological polar surface area (TPSA) is 81.8 Å². The van der Waals surface area contributed by atoms with Crippen LogP contribution in [0.4, 0.5) is 0 Å². The van der Waals surface area contributed by atoms with E-state index >= 15 is 0 Å². The number of hydrogen-bond acceptors (Lipinski definition) is 5. The molecule has 0 spiro atoms. The van der Waals surface area contributed by atoms with Gasteiger partial charge in [0.15, 0.2) is 5.78 Å². The van der Waals surface area contributed by atoms with E-state index in [1.54, 1.807) is 31.2 Å². The van der Waals surface area contributed by atoms with E-state index < -0.39 is 11.6 Å². The van der Waals surface area contributed by atoms with E-state index in [0.717, 1.165) is 19.3 Å². The first-order chi connectivity index (χ1) is 17.5. The van der Waals surface area contributed by atoms with E-state index in [9.17, 15) is 9.59 Å². The van der Waals surface area contributed by atoms with Crippen LogP contribution in [-0.2, 0) is 9.53 Å². The van der Waals surface area contributed by atoms with E-state index in [1.807, 2.05) is 6.07 Å². The SMILES string of the molecule is CCCCCCCCCCCCCCCCCCOC(=O)C1=C(C(=O)c2ccccc2)C=NC1(C)N. The van der Waals surface area contributed by atoms with E-state index in [-0.39, 0.29) is 16.9 Å². The third kappa shape index (κ3) is 10.8. The third-order valence-corrected chi connectivity index (χ3v) is 6.95. The molecule has 1 aliphatic rings. The lowest BCUT2D eigenvalue weighted by atomic mass is 9.95. The number of ketones is 1. The van der Waals surface area contributed by atoms with Crippen LogP contribution in [0.15, 0.2) is 46.5 Å². The summed E-state index contributed by atoms with van der Waals surface area (Å²) in [6.07, 6.45) is 22.2. The number of benzene rings is 1. The van der Waals surface area contributed by atoms with Gasteiger partial charge in [0, 0.05) is 11.8 Å². The van der Waals surface area contributed by atoms with Crippen molar-refractivity contribution in [2.75, 3.05) is 6.61 Å². The van der Waals surface area contributed by atoms with Gasteiger partial charge in [-0.1, -0.05) is 134 Å². The Kier molecular flexibility index (Phi) is 14.3. The molecule has 1 aromatic carbocycles. The minimum atomic E-state index is -1.24. The predicted octanol–water partition coefficient (Wildman–Crippen LogP) is 7.73. The molecule has 1 heterocycles. The minimum absolute atomic E-state index is 0.146. The van der Waals surface area contributed by atoms with Gasteiger partial charge in [0.25, 0.3) is 0 Å². The van der Waals surface area contributed by atoms with Crippen molar-refractivity contribution in [2.24, 2.45) is 10.7 Å². The second kappa shape index (κ2) is 17.2. The number of rotatable bonds is 20. The van der Waals surface area contributed by atoms with E-state index in [0.29, 0.717) is 12.2 Å². The lowest BCUT2D eigenvalue weighted by molar-refractivity contribution is -0.139. The van der Waals surface area contributed by atoms with Crippen molar-refractivity contribution in [2.45, 2.75) is 122 Å². The van der Waals surface area contributed by atoms with E-state index in [1.165, 1.54) is 89.7 Å². The number of nitrogens with two attached hydrogens (primary N) is 1. The molecule has 0 bridgehead atoms. The Labute approximate surface area is 219 Å². The molecule has 36 heavy (non-hydrogen) atoms. The molecule has 1 unspecified atom stereocenters. The van der Waals surface area contributed by atoms with Crippen LogP contribution in [0.5, 0.6) is 0 Å². The Hall–Kier alpha value is -2.27. The third-order valence-electron chi connectivity index (χ3n) is 6.95. The second-order valence-corrected chi connectivity index (χ2v) is 10.3. The molecule has 0 amide bonds. The van der Waals surface area contributed by atoms with Crippen LogP contribution in [0.25, 0.3) is 0 Å². The van der Waals surface area contributed by atoms with Gasteiger partial charge in [0.1, 0.15) is 5.66 Å². The Balaban J connectivity index is 1.54. The molecule has 1 aliphatic heterocycles. The largest absolute Gasteiger partial charge is 0.462 e. The highest BCUT2D eigenvalue weighted by Crippen LogP contribution is 2.28. The zero-order chi connectivity index (χ0) is 26.1. The summed E-state index contributed by atoms with van der Waals surface area (Å²) in [5.74, 6) is -0.805. The highest BCUT2D eigenvalue weighted by atomic mass is 16.5. The van der Waals surface area contributed by atoms with Crippen LogP contribution in [0, 0.1) is 0 Å². The maximum Gasteiger partial charge on any atom is 0.338 e. The van der Waals surface area contributed by atoms with Crippen LogP contribution in [0.1, 0.15) is 127 Å². The van der Waals surface area contributed by atoms with Gasteiger partial charge in [-0.25, -0.2) is 4.79 Å². The molecule has 2 N–H and O–H groups in total. The lowest BCUT2D eigenvalue weighted by Gasteiger charge is -2.19. The average molecular weight is 497 g/mol. The Morgan fingerprint density at radius 1 is 0.778 bits per heavy atom. The molecule has 5 nitrogen and oxygen atoms in total. The number of allylic oxidation sites excluding steroid dienone is 1. The van der Waals surface area contributed by atoms with E-state index in [2.05, 4.69) is 11.9 Å². The molecular weight excluding hydrogens is 448 g/mol. The molecule has 1 aromatic rings. The molecule has 5 heteroatoms. The Morgan fingerprint density at radius 3 is 1.75 bits per heavy atom. The van der Waals surface area contributed by atoms with E-state index in [4.69, 9.17) is 10.5 Å². The molecule has 0 saturated heterocycles. The number of hydrogen-bond donors (Lipinski definition) is 1. The monoisotopic (exact) mass is 496 g/mol. The maximum atomic E-state index is 12.9. The number of esters is 1. The second-order valence-electron chi connectivity index (χ2n) is 10.3. The number of unbranched alkanes of at least 4 members (excludes halogenated alkanes) is 15. The fourth-order valence-corrected chi connectivity index (χ4v) is 4.72. The summed E-state index contributed by atoms with van der Waals surface area (Å²) in [5, 5.41) is 0. The van der Waals surface area contributed by atoms with Crippen molar-refractivity contribution < 1.29 is 14.3 Å². The first-order valence-corrected chi connectivity index (χ1v) is 14.3. The van der Waals surface area contributed by atoms with Crippen molar-refractivity contribution in [1.29, 1.82) is 0 Å². The summed E-state index contributed by atoms with van der Waals surface area (Å²) in [7, 11) is 0. The fourth-order valence-electron chi connectivity index (χ4n) is 4.72. The van der Waals surface area contributed by atoms with Gasteiger partial charge in [0.2, 0.25) is 0 Å². The van der Waals surface area contributed by atoms with Crippen LogP contribution in [0.2, 0.25) is 0 Å². The first-order valence-electron chi connectivity index (χ1n) is 14.3. The van der Waals surface area contributed by atoms with Crippen molar-refractivity contribution in [1.82, 2.24) is 0 Å². The summed E-state index contributed by atoms with van der Waals surface area (Å²) in [5.41, 5.74) is 5.81. The summed E-state index contributed by atoms with van der Waals surface area (Å²) in [6, 6.07) is 8.85. The van der Waals surface area contributed by atoms with Crippen LogP contribution in [0.3, 0.4) is 0 Å². The predicted molar refractivity (Wildman–Crippen MR) is 149 cm³/mol. The van der Waals surface area contributed by atoms with Crippen molar-refractivity contribution in [3.8, 4) is 0 Å². The number of Topliss-reactive ketones (excluding diaryl/α,β-unsaturated/α-hetero) is 1. The highest BCUT2D eigenvalue weighted by molar-refractivity contribution is 6.26. The quantitative estimate of drug-likeness (QED) is 0.114. The number of nitrogens with zero attached hydrogens (tertiary/aromatic N) is 1. The van der Waals surface area contributed by atoms with Gasteiger partial charge in [-0.05, 0) is 13.3 Å². The van der Waals surface area contributed by atoms with Crippen molar-refractivity contribution in [3.63, 3.8) is 0 Å². The van der Waals surface area contributed by atoms with Gasteiger partial charge in [-0.3, -0.25) is 9.79 Å². The zero-order valence-corrected chi connectivity index (χ0v) is 22.7. The number of aliphatic imine (C=N–C) groups is 1. The first kappa shape index (κ1) is 30.0. The molecule has 0 radical (unpaired) electrons. The van der Waals surface area contributed by atoms with Crippen molar-refractivity contribution in [3.05, 3.63) is 47.0 Å². The molecule has 1 atom stereocenters. The molecule has 0 aromatic heterocycles. The minimum Gasteiger partial charge on any atom is -0.462 e. The van der Waals surface area contributed by atoms with Crippen LogP contribution >= 0.6 is 0 Å². The molecular formula is C31H48N2O3. The highest BCUT2D eigenvalue weighted by Gasteiger charge is 2.38. The molecule has 0 aliphatic carbocycles. The lowest BCUT2D eigenvalue weighted by Crippen LogP contribution is -2.39. The maximum absolute atomic E-state index is 12.9. The molecule has 200 valence electrons. The number of carbonyl (C=O) groups excluding carboxylic acids is 2. The van der Waals surface area contributed by atoms with Gasteiger partial charge >= 0.3 is 5.97 Å². The van der Waals surface area contributed by atoms with Gasteiger partial charge in [-0.15, -0.1) is 0 Å². The smallest absolute Gasteiger partial charge is 0.338 e. The average Bonchev–Trinajstić information content (AvgIpc) is 3.20. The van der Waals surface area contributed by atoms with Gasteiger partial charge < -0.3 is 10.5 Å². The normalized spacial score (nSPS) is 17.1. The van der Waals surface area contributed by atoms with Gasteiger partial charge in [-0.2, -0.15) is 0 Å². The molecule has 0 fully saturated rings. The summed E-state index contributed by atoms with van der Waals surface area (Å²) in [6.45, 7) is 4.23. The Bertz CT molecular complexity index is 843. The fraction of sp³-hybridized carbons (Fsp3) is 0.645. The van der Waals surface area contributed by atoms with Crippen molar-refractivity contribution >= 4 is 18.0 Å². The van der Waals surface area contributed by atoms with Crippen LogP contribution in [-0.4, -0.2) is 30.2 Å². The molecule has 2 rings (SSSR count). The summed E-state index contributed by atoms with van der Waals surface area (Å²) >= 11 is 0. The Morgan fingerprint density at radius 2 is 1.25 bits per heavy atom. The number of carbonyl (C=O) groups is 2. The summed E-state index contributed by atoms with van der Waals surface area (Å²) < 4.78 is 5.49. The zero-order valence-electron chi connectivity index (χ0n) is 22.7. The molecule has 0 saturated carbocycles. The number of ether oxygens (including phenoxy) is 1. The standard InChI is InChI=1S/C31H48N2O3/c1-3-4-5-6-7-8-9-10-11-12-13-14-15-16-17-21-24-36-30(35)28-27(25-33-31(28,2)32)29(34)26-22-19-18-20-23-26/h18-20,22-23,25H,3-17,21,24,32H2,1-2H3.